The van der Waals surface area contributed by atoms with Crippen molar-refractivity contribution in [3.05, 3.63) is 32.7 Å². The van der Waals surface area contributed by atoms with Gasteiger partial charge in [0.1, 0.15) is 0 Å². The summed E-state index contributed by atoms with van der Waals surface area (Å²) < 4.78 is 2.16. The van der Waals surface area contributed by atoms with Gasteiger partial charge in [-0.25, -0.2) is 0 Å². The zero-order valence-corrected chi connectivity index (χ0v) is 10.0. The van der Waals surface area contributed by atoms with Gasteiger partial charge < -0.3 is 5.73 Å². The van der Waals surface area contributed by atoms with Gasteiger partial charge in [-0.2, -0.15) is 0 Å². The summed E-state index contributed by atoms with van der Waals surface area (Å²) in [5.41, 5.74) is 6.84. The van der Waals surface area contributed by atoms with Gasteiger partial charge in [0.15, 0.2) is 0 Å². The first-order chi connectivity index (χ1) is 5.65. The normalized spacial score (nSPS) is 13.0. The second-order valence-electron chi connectivity index (χ2n) is 2.81. The molecule has 1 nitrogen and oxygen atoms in total. The number of halogens is 2. The Bertz CT molecular complexity index is 273. The number of hydrogen-bond donors (Lipinski definition) is 1. The van der Waals surface area contributed by atoms with Crippen molar-refractivity contribution in [2.75, 3.05) is 6.54 Å². The van der Waals surface area contributed by atoms with Gasteiger partial charge in [-0.05, 0) is 62.0 Å². The molecule has 0 aliphatic carbocycles. The van der Waals surface area contributed by atoms with E-state index in [0.717, 1.165) is 8.95 Å². The summed E-state index contributed by atoms with van der Waals surface area (Å²) in [4.78, 5) is 0. The second-order valence-corrected chi connectivity index (χ2v) is 4.52. The van der Waals surface area contributed by atoms with Crippen molar-refractivity contribution in [2.24, 2.45) is 5.73 Å². The number of rotatable bonds is 2. The van der Waals surface area contributed by atoms with Gasteiger partial charge in [-0.3, -0.25) is 0 Å². The number of nitrogens with two attached hydrogens (primary N) is 1. The minimum absolute atomic E-state index is 0.425. The molecular weight excluding hydrogens is 282 g/mol. The van der Waals surface area contributed by atoms with Crippen molar-refractivity contribution in [3.63, 3.8) is 0 Å². The first-order valence-electron chi connectivity index (χ1n) is 3.80. The molecule has 1 atom stereocenters. The largest absolute Gasteiger partial charge is 0.330 e. The molecule has 0 aromatic heterocycles. The highest BCUT2D eigenvalue weighted by Crippen LogP contribution is 2.26. The third-order valence-electron chi connectivity index (χ3n) is 1.87. The van der Waals surface area contributed by atoms with Crippen molar-refractivity contribution in [2.45, 2.75) is 12.8 Å². The van der Waals surface area contributed by atoms with E-state index in [0.29, 0.717) is 12.5 Å². The molecule has 0 saturated heterocycles. The monoisotopic (exact) mass is 291 g/mol. The zero-order chi connectivity index (χ0) is 9.14. The van der Waals surface area contributed by atoms with Crippen LogP contribution in [0, 0.1) is 0 Å². The van der Waals surface area contributed by atoms with E-state index in [1.807, 2.05) is 6.07 Å². The summed E-state index contributed by atoms with van der Waals surface area (Å²) in [6, 6.07) is 6.22. The summed E-state index contributed by atoms with van der Waals surface area (Å²) >= 11 is 6.88. The van der Waals surface area contributed by atoms with Crippen LogP contribution in [-0.2, 0) is 0 Å². The van der Waals surface area contributed by atoms with Crippen molar-refractivity contribution >= 4 is 31.9 Å². The molecule has 1 unspecified atom stereocenters. The van der Waals surface area contributed by atoms with Crippen molar-refractivity contribution in [1.82, 2.24) is 0 Å². The van der Waals surface area contributed by atoms with Crippen molar-refractivity contribution in [1.29, 1.82) is 0 Å². The van der Waals surface area contributed by atoms with Gasteiger partial charge in [0.05, 0.1) is 0 Å². The van der Waals surface area contributed by atoms with Gasteiger partial charge in [0.2, 0.25) is 0 Å². The maximum Gasteiger partial charge on any atom is 0.0320 e. The van der Waals surface area contributed by atoms with Crippen molar-refractivity contribution < 1.29 is 0 Å². The Morgan fingerprint density at radius 3 is 2.50 bits per heavy atom. The smallest absolute Gasteiger partial charge is 0.0320 e. The Hall–Kier alpha value is 0.140. The van der Waals surface area contributed by atoms with E-state index in [9.17, 15) is 0 Å². The third-order valence-corrected chi connectivity index (χ3v) is 3.75. The fourth-order valence-electron chi connectivity index (χ4n) is 0.955. The predicted octanol–water partition coefficient (Wildman–Crippen LogP) is 3.27. The Balaban J connectivity index is 2.96. The fourth-order valence-corrected chi connectivity index (χ4v) is 1.60. The molecule has 0 bridgehead atoms. The highest BCUT2D eigenvalue weighted by Gasteiger charge is 2.04. The Labute approximate surface area is 89.6 Å². The third kappa shape index (κ3) is 2.31. The van der Waals surface area contributed by atoms with Crippen LogP contribution >= 0.6 is 31.9 Å². The Kier molecular flexibility index (Phi) is 3.75. The maximum atomic E-state index is 5.57. The van der Waals surface area contributed by atoms with E-state index in [2.05, 4.69) is 50.9 Å². The van der Waals surface area contributed by atoms with E-state index in [-0.39, 0.29) is 0 Å². The average Bonchev–Trinajstić information content (AvgIpc) is 2.08. The molecule has 1 rings (SSSR count). The average molecular weight is 293 g/mol. The molecule has 0 amide bonds. The molecular formula is C9H11Br2N. The van der Waals surface area contributed by atoms with Gasteiger partial charge in [0.25, 0.3) is 0 Å². The van der Waals surface area contributed by atoms with Crippen LogP contribution in [0.4, 0.5) is 0 Å². The minimum atomic E-state index is 0.425. The quantitative estimate of drug-likeness (QED) is 0.889. The fraction of sp³-hybridized carbons (Fsp3) is 0.333. The topological polar surface area (TPSA) is 26.0 Å². The molecule has 12 heavy (non-hydrogen) atoms. The van der Waals surface area contributed by atoms with E-state index in [1.54, 1.807) is 0 Å². The summed E-state index contributed by atoms with van der Waals surface area (Å²) in [7, 11) is 0. The summed E-state index contributed by atoms with van der Waals surface area (Å²) in [6.07, 6.45) is 0. The number of hydrogen-bond acceptors (Lipinski definition) is 1. The Morgan fingerprint density at radius 1 is 1.33 bits per heavy atom. The zero-order valence-electron chi connectivity index (χ0n) is 6.85. The first kappa shape index (κ1) is 10.2. The van der Waals surface area contributed by atoms with Gasteiger partial charge in [-0.15, -0.1) is 0 Å². The van der Waals surface area contributed by atoms with Crippen LogP contribution in [-0.4, -0.2) is 6.54 Å². The molecule has 0 radical (unpaired) electrons. The molecule has 0 spiro atoms. The lowest BCUT2D eigenvalue weighted by Gasteiger charge is -2.09. The lowest BCUT2D eigenvalue weighted by molar-refractivity contribution is 0.773. The lowest BCUT2D eigenvalue weighted by Crippen LogP contribution is -2.08. The maximum absolute atomic E-state index is 5.57. The van der Waals surface area contributed by atoms with E-state index in [1.165, 1.54) is 5.56 Å². The van der Waals surface area contributed by atoms with Crippen LogP contribution in [0.1, 0.15) is 18.4 Å². The molecule has 3 heteroatoms. The second kappa shape index (κ2) is 4.40. The van der Waals surface area contributed by atoms with Crippen LogP contribution in [0.3, 0.4) is 0 Å². The van der Waals surface area contributed by atoms with Crippen LogP contribution in [0.15, 0.2) is 27.1 Å². The lowest BCUT2D eigenvalue weighted by atomic mass is 10.0. The SMILES string of the molecule is CC(CN)c1ccc(Br)c(Br)c1. The molecule has 2 N–H and O–H groups in total. The van der Waals surface area contributed by atoms with Crippen LogP contribution in [0.5, 0.6) is 0 Å². The highest BCUT2D eigenvalue weighted by atomic mass is 79.9. The van der Waals surface area contributed by atoms with E-state index < -0.39 is 0 Å². The number of benzene rings is 1. The molecule has 0 aliphatic heterocycles. The molecule has 0 heterocycles. The van der Waals surface area contributed by atoms with Crippen LogP contribution < -0.4 is 5.73 Å². The first-order valence-corrected chi connectivity index (χ1v) is 5.38. The molecule has 0 fully saturated rings. The van der Waals surface area contributed by atoms with Crippen LogP contribution in [0.2, 0.25) is 0 Å². The molecule has 0 saturated carbocycles. The summed E-state index contributed by atoms with van der Waals surface area (Å²) in [5.74, 6) is 0.425. The van der Waals surface area contributed by atoms with Gasteiger partial charge in [-0.1, -0.05) is 13.0 Å². The van der Waals surface area contributed by atoms with Gasteiger partial charge >= 0.3 is 0 Å². The van der Waals surface area contributed by atoms with Crippen molar-refractivity contribution in [3.8, 4) is 0 Å². The summed E-state index contributed by atoms with van der Waals surface area (Å²) in [6.45, 7) is 2.81. The van der Waals surface area contributed by atoms with E-state index in [4.69, 9.17) is 5.73 Å². The minimum Gasteiger partial charge on any atom is -0.330 e. The Morgan fingerprint density at radius 2 is 2.00 bits per heavy atom. The van der Waals surface area contributed by atoms with Crippen LogP contribution in [0.25, 0.3) is 0 Å². The highest BCUT2D eigenvalue weighted by molar-refractivity contribution is 9.13. The molecule has 0 aliphatic rings. The summed E-state index contributed by atoms with van der Waals surface area (Å²) in [5, 5.41) is 0. The van der Waals surface area contributed by atoms with E-state index >= 15 is 0 Å². The standard InChI is InChI=1S/C9H11Br2N/c1-6(5-12)7-2-3-8(10)9(11)4-7/h2-4,6H,5,12H2,1H3. The molecule has 1 aromatic rings. The molecule has 1 aromatic carbocycles. The van der Waals surface area contributed by atoms with Gasteiger partial charge in [0, 0.05) is 8.95 Å². The predicted molar refractivity (Wildman–Crippen MR) is 59.3 cm³/mol. The molecule has 66 valence electrons.